The average molecular weight is 402 g/mol. The SMILES string of the molecule is C=C(C(=O)OC)C(c1ccc(F)cc1)C(F)(C(=O)OCC)C(=O)c1ccccc1. The van der Waals surface area contributed by atoms with Gasteiger partial charge in [-0.05, 0) is 24.6 Å². The number of Topliss-reactive ketones (excluding diaryl/α,β-unsaturated/α-hetero) is 1. The van der Waals surface area contributed by atoms with Crippen LogP contribution < -0.4 is 0 Å². The largest absolute Gasteiger partial charge is 0.466 e. The van der Waals surface area contributed by atoms with Crippen LogP contribution >= 0.6 is 0 Å². The van der Waals surface area contributed by atoms with Gasteiger partial charge >= 0.3 is 11.9 Å². The summed E-state index contributed by atoms with van der Waals surface area (Å²) in [6.45, 7) is 4.79. The fourth-order valence-corrected chi connectivity index (χ4v) is 2.95. The highest BCUT2D eigenvalue weighted by Crippen LogP contribution is 2.41. The molecular formula is C22H20F2O5. The van der Waals surface area contributed by atoms with E-state index >= 15 is 4.39 Å². The number of methoxy groups -OCH3 is 1. The second kappa shape index (κ2) is 9.23. The second-order valence-electron chi connectivity index (χ2n) is 6.13. The lowest BCUT2D eigenvalue weighted by atomic mass is 9.74. The maximum atomic E-state index is 16.5. The van der Waals surface area contributed by atoms with Crippen LogP contribution in [-0.4, -0.2) is 37.1 Å². The fourth-order valence-electron chi connectivity index (χ4n) is 2.95. The Morgan fingerprint density at radius 3 is 2.17 bits per heavy atom. The van der Waals surface area contributed by atoms with E-state index in [4.69, 9.17) is 4.74 Å². The third kappa shape index (κ3) is 4.39. The Morgan fingerprint density at radius 2 is 1.66 bits per heavy atom. The number of ether oxygens (including phenoxy) is 2. The molecule has 0 bridgehead atoms. The number of carbonyl (C=O) groups is 3. The molecule has 0 heterocycles. The van der Waals surface area contributed by atoms with Gasteiger partial charge in [0.05, 0.1) is 19.6 Å². The van der Waals surface area contributed by atoms with Crippen molar-refractivity contribution in [2.75, 3.05) is 13.7 Å². The first-order valence-corrected chi connectivity index (χ1v) is 8.75. The Hall–Kier alpha value is -3.35. The molecule has 0 fully saturated rings. The highest BCUT2D eigenvalue weighted by atomic mass is 19.1. The summed E-state index contributed by atoms with van der Waals surface area (Å²) < 4.78 is 39.3. The van der Waals surface area contributed by atoms with Crippen LogP contribution in [0.4, 0.5) is 8.78 Å². The smallest absolute Gasteiger partial charge is 0.353 e. The van der Waals surface area contributed by atoms with Gasteiger partial charge in [0.2, 0.25) is 5.78 Å². The molecule has 2 aromatic rings. The van der Waals surface area contributed by atoms with Crippen molar-refractivity contribution in [1.29, 1.82) is 0 Å². The third-order valence-electron chi connectivity index (χ3n) is 4.34. The van der Waals surface area contributed by atoms with Gasteiger partial charge in [-0.3, -0.25) is 4.79 Å². The van der Waals surface area contributed by atoms with Gasteiger partial charge in [-0.1, -0.05) is 49.0 Å². The van der Waals surface area contributed by atoms with Gasteiger partial charge in [-0.2, -0.15) is 0 Å². The molecule has 0 N–H and O–H groups in total. The molecule has 0 aliphatic heterocycles. The molecule has 2 unspecified atom stereocenters. The third-order valence-corrected chi connectivity index (χ3v) is 4.34. The van der Waals surface area contributed by atoms with Gasteiger partial charge < -0.3 is 9.47 Å². The predicted octanol–water partition coefficient (Wildman–Crippen LogP) is 3.79. The summed E-state index contributed by atoms with van der Waals surface area (Å²) in [6.07, 6.45) is 0. The average Bonchev–Trinajstić information content (AvgIpc) is 2.74. The normalized spacial score (nSPS) is 13.7. The van der Waals surface area contributed by atoms with E-state index in [1.54, 1.807) is 6.07 Å². The van der Waals surface area contributed by atoms with Crippen molar-refractivity contribution in [3.05, 3.63) is 83.7 Å². The quantitative estimate of drug-likeness (QED) is 0.291. The molecule has 0 radical (unpaired) electrons. The Bertz CT molecular complexity index is 909. The zero-order chi connectivity index (χ0) is 21.6. The lowest BCUT2D eigenvalue weighted by Crippen LogP contribution is -2.50. The Labute approximate surface area is 166 Å². The Balaban J connectivity index is 2.73. The van der Waals surface area contributed by atoms with Crippen molar-refractivity contribution in [2.24, 2.45) is 0 Å². The van der Waals surface area contributed by atoms with E-state index in [-0.39, 0.29) is 17.7 Å². The van der Waals surface area contributed by atoms with Gasteiger partial charge in [0.15, 0.2) is 0 Å². The number of hydrogen-bond acceptors (Lipinski definition) is 5. The summed E-state index contributed by atoms with van der Waals surface area (Å²) in [5.41, 5.74) is -3.94. The molecule has 2 rings (SSSR count). The summed E-state index contributed by atoms with van der Waals surface area (Å²) in [6, 6.07) is 11.7. The van der Waals surface area contributed by atoms with Crippen LogP contribution in [0.2, 0.25) is 0 Å². The van der Waals surface area contributed by atoms with E-state index in [1.165, 1.54) is 43.3 Å². The van der Waals surface area contributed by atoms with Gasteiger partial charge in [0.1, 0.15) is 5.82 Å². The molecule has 29 heavy (non-hydrogen) atoms. The topological polar surface area (TPSA) is 69.7 Å². The van der Waals surface area contributed by atoms with Crippen LogP contribution in [0.3, 0.4) is 0 Å². The first kappa shape index (κ1) is 21.9. The number of esters is 2. The molecule has 0 spiro atoms. The number of halogens is 2. The van der Waals surface area contributed by atoms with Crippen molar-refractivity contribution in [3.8, 4) is 0 Å². The monoisotopic (exact) mass is 402 g/mol. The maximum Gasteiger partial charge on any atom is 0.353 e. The molecule has 2 atom stereocenters. The van der Waals surface area contributed by atoms with E-state index in [1.807, 2.05) is 0 Å². The van der Waals surface area contributed by atoms with E-state index in [9.17, 15) is 18.8 Å². The lowest BCUT2D eigenvalue weighted by Gasteiger charge is -2.31. The van der Waals surface area contributed by atoms with E-state index in [0.717, 1.165) is 19.2 Å². The molecule has 0 aliphatic carbocycles. The van der Waals surface area contributed by atoms with E-state index in [2.05, 4.69) is 11.3 Å². The van der Waals surface area contributed by atoms with Crippen LogP contribution in [0.15, 0.2) is 66.7 Å². The lowest BCUT2D eigenvalue weighted by molar-refractivity contribution is -0.155. The Kier molecular flexibility index (Phi) is 6.98. The molecule has 0 amide bonds. The van der Waals surface area contributed by atoms with E-state index in [0.29, 0.717) is 0 Å². The molecule has 0 aliphatic rings. The molecule has 7 heteroatoms. The fraction of sp³-hybridized carbons (Fsp3) is 0.227. The summed E-state index contributed by atoms with van der Waals surface area (Å²) in [5.74, 6) is -6.12. The van der Waals surface area contributed by atoms with Crippen LogP contribution in [-0.2, 0) is 19.1 Å². The van der Waals surface area contributed by atoms with Crippen LogP contribution in [0.1, 0.15) is 28.8 Å². The number of ketones is 1. The summed E-state index contributed by atoms with van der Waals surface area (Å²) in [5, 5.41) is 0. The molecule has 0 saturated carbocycles. The van der Waals surface area contributed by atoms with Crippen molar-refractivity contribution in [2.45, 2.75) is 18.5 Å². The molecule has 5 nitrogen and oxygen atoms in total. The van der Waals surface area contributed by atoms with Gasteiger partial charge in [-0.15, -0.1) is 0 Å². The van der Waals surface area contributed by atoms with Crippen molar-refractivity contribution >= 4 is 17.7 Å². The van der Waals surface area contributed by atoms with Gasteiger partial charge in [0, 0.05) is 11.1 Å². The molecule has 0 saturated heterocycles. The minimum absolute atomic E-state index is 0.0124. The van der Waals surface area contributed by atoms with Crippen molar-refractivity contribution < 1.29 is 32.6 Å². The molecule has 152 valence electrons. The maximum absolute atomic E-state index is 16.5. The van der Waals surface area contributed by atoms with Crippen molar-refractivity contribution in [3.63, 3.8) is 0 Å². The summed E-state index contributed by atoms with van der Waals surface area (Å²) in [4.78, 5) is 38.0. The minimum atomic E-state index is -3.33. The number of alkyl halides is 1. The number of rotatable bonds is 8. The highest BCUT2D eigenvalue weighted by molar-refractivity contribution is 6.17. The van der Waals surface area contributed by atoms with Crippen LogP contribution in [0.25, 0.3) is 0 Å². The number of hydrogen-bond donors (Lipinski definition) is 0. The predicted molar refractivity (Wildman–Crippen MR) is 102 cm³/mol. The van der Waals surface area contributed by atoms with Crippen LogP contribution in [0.5, 0.6) is 0 Å². The van der Waals surface area contributed by atoms with Gasteiger partial charge in [-0.25, -0.2) is 18.4 Å². The molecular weight excluding hydrogens is 382 g/mol. The standard InChI is InChI=1S/C22H20F2O5/c1-4-29-21(27)22(24,19(25)16-8-6-5-7-9-16)18(14(2)20(26)28-3)15-10-12-17(23)13-11-15/h5-13,18H,2,4H2,1,3H3. The highest BCUT2D eigenvalue weighted by Gasteiger charge is 2.57. The molecule has 0 aromatic heterocycles. The summed E-state index contributed by atoms with van der Waals surface area (Å²) >= 11 is 0. The van der Waals surface area contributed by atoms with E-state index < -0.39 is 40.7 Å². The van der Waals surface area contributed by atoms with Crippen molar-refractivity contribution in [1.82, 2.24) is 0 Å². The number of benzene rings is 2. The summed E-state index contributed by atoms with van der Waals surface area (Å²) in [7, 11) is 1.05. The first-order chi connectivity index (χ1) is 13.8. The zero-order valence-corrected chi connectivity index (χ0v) is 16.0. The minimum Gasteiger partial charge on any atom is -0.466 e. The molecule has 2 aromatic carbocycles. The van der Waals surface area contributed by atoms with Crippen LogP contribution in [0, 0.1) is 5.82 Å². The van der Waals surface area contributed by atoms with Gasteiger partial charge in [0.25, 0.3) is 5.67 Å². The Morgan fingerprint density at radius 1 is 1.07 bits per heavy atom. The first-order valence-electron chi connectivity index (χ1n) is 8.75. The second-order valence-corrected chi connectivity index (χ2v) is 6.13. The zero-order valence-electron chi connectivity index (χ0n) is 16.0. The number of carbonyl (C=O) groups excluding carboxylic acids is 3.